The van der Waals surface area contributed by atoms with Gasteiger partial charge < -0.3 is 4.98 Å². The van der Waals surface area contributed by atoms with E-state index in [1.165, 1.54) is 40.2 Å². The van der Waals surface area contributed by atoms with E-state index in [0.717, 1.165) is 24.1 Å². The third-order valence-electron chi connectivity index (χ3n) is 3.88. The monoisotopic (exact) mass is 323 g/mol. The van der Waals surface area contributed by atoms with Gasteiger partial charge >= 0.3 is 0 Å². The van der Waals surface area contributed by atoms with Crippen molar-refractivity contribution in [1.29, 1.82) is 0 Å². The highest BCUT2D eigenvalue weighted by Gasteiger charge is 2.21. The first kappa shape index (κ1) is 13.9. The number of thiazole rings is 1. The Balaban J connectivity index is 1.66. The number of pyridine rings is 1. The fourth-order valence-corrected chi connectivity index (χ4v) is 3.73. The lowest BCUT2D eigenvalue weighted by Gasteiger charge is -2.13. The number of amides is 1. The number of anilines is 1. The van der Waals surface area contributed by atoms with Crippen molar-refractivity contribution in [3.05, 3.63) is 69.0 Å². The lowest BCUT2D eigenvalue weighted by molar-refractivity contribution is 0.102. The molecule has 0 aliphatic heterocycles. The third-order valence-corrected chi connectivity index (χ3v) is 4.91. The van der Waals surface area contributed by atoms with Crippen molar-refractivity contribution in [2.75, 3.05) is 5.32 Å². The normalized spacial score (nSPS) is 12.3. The summed E-state index contributed by atoms with van der Waals surface area (Å²) >= 11 is 1.47. The molecule has 23 heavy (non-hydrogen) atoms. The van der Waals surface area contributed by atoms with Gasteiger partial charge in [0.05, 0.1) is 5.69 Å². The topological polar surface area (TPSA) is 74.8 Å². The number of carbonyl (C=O) groups excluding carboxylic acids is 1. The summed E-state index contributed by atoms with van der Waals surface area (Å²) in [4.78, 5) is 32.4. The molecule has 0 atom stereocenters. The summed E-state index contributed by atoms with van der Waals surface area (Å²) in [5.74, 6) is -0.439. The molecule has 2 heterocycles. The van der Waals surface area contributed by atoms with Crippen LogP contribution in [0, 0.1) is 0 Å². The number of aromatic nitrogens is 2. The van der Waals surface area contributed by atoms with Gasteiger partial charge in [0.25, 0.3) is 5.91 Å². The number of hydrogen-bond donors (Lipinski definition) is 2. The summed E-state index contributed by atoms with van der Waals surface area (Å²) in [6, 6.07) is 9.52. The van der Waals surface area contributed by atoms with Crippen molar-refractivity contribution in [3.8, 4) is 11.3 Å². The molecule has 0 saturated heterocycles. The summed E-state index contributed by atoms with van der Waals surface area (Å²) in [5, 5.41) is 3.26. The van der Waals surface area contributed by atoms with Gasteiger partial charge in [-0.2, -0.15) is 0 Å². The quantitative estimate of drug-likeness (QED) is 0.761. The van der Waals surface area contributed by atoms with Crippen LogP contribution in [-0.4, -0.2) is 15.9 Å². The number of H-pyrrole nitrogens is 1. The van der Waals surface area contributed by atoms with E-state index in [1.54, 1.807) is 0 Å². The molecule has 5 nitrogen and oxygen atoms in total. The number of rotatable bonds is 2. The standard InChI is InChI=1S/C17H13N3O2S/c21-13-7-8-18-9-12(13)16(22)20-17-19-15-11-4-2-1-3-10(11)5-6-14(15)23-17/h1-4,7-9H,5-6H2,(H,18,21)(H,19,20,22). The van der Waals surface area contributed by atoms with Crippen molar-refractivity contribution in [2.45, 2.75) is 12.8 Å². The summed E-state index contributed by atoms with van der Waals surface area (Å²) in [5.41, 5.74) is 3.12. The molecule has 2 aromatic heterocycles. The van der Waals surface area contributed by atoms with E-state index >= 15 is 0 Å². The molecule has 1 aromatic carbocycles. The van der Waals surface area contributed by atoms with Crippen molar-refractivity contribution >= 4 is 22.4 Å². The van der Waals surface area contributed by atoms with Crippen LogP contribution in [0.5, 0.6) is 0 Å². The minimum Gasteiger partial charge on any atom is -0.367 e. The minimum atomic E-state index is -0.439. The smallest absolute Gasteiger partial charge is 0.262 e. The molecule has 0 radical (unpaired) electrons. The molecule has 114 valence electrons. The predicted molar refractivity (Wildman–Crippen MR) is 90.0 cm³/mol. The van der Waals surface area contributed by atoms with Crippen LogP contribution in [0.3, 0.4) is 0 Å². The van der Waals surface area contributed by atoms with Crippen LogP contribution >= 0.6 is 11.3 Å². The van der Waals surface area contributed by atoms with Gasteiger partial charge in [0.2, 0.25) is 0 Å². The number of aryl methyl sites for hydroxylation is 2. The van der Waals surface area contributed by atoms with E-state index in [4.69, 9.17) is 0 Å². The number of fused-ring (bicyclic) bond motifs is 3. The minimum absolute atomic E-state index is 0.0843. The zero-order chi connectivity index (χ0) is 15.8. The van der Waals surface area contributed by atoms with Crippen LogP contribution in [0.2, 0.25) is 0 Å². The Hall–Kier alpha value is -2.73. The van der Waals surface area contributed by atoms with E-state index in [9.17, 15) is 9.59 Å². The summed E-state index contributed by atoms with van der Waals surface area (Å²) in [6.07, 6.45) is 4.81. The molecule has 4 rings (SSSR count). The van der Waals surface area contributed by atoms with Gasteiger partial charge in [-0.1, -0.05) is 24.3 Å². The van der Waals surface area contributed by atoms with Crippen LogP contribution in [-0.2, 0) is 12.8 Å². The van der Waals surface area contributed by atoms with E-state index in [0.29, 0.717) is 5.13 Å². The number of nitrogens with zero attached hydrogens (tertiary/aromatic N) is 1. The second-order valence-corrected chi connectivity index (χ2v) is 6.41. The van der Waals surface area contributed by atoms with Crippen LogP contribution in [0.1, 0.15) is 20.8 Å². The highest BCUT2D eigenvalue weighted by molar-refractivity contribution is 7.16. The van der Waals surface area contributed by atoms with Gasteiger partial charge in [0, 0.05) is 28.9 Å². The van der Waals surface area contributed by atoms with Crippen molar-refractivity contribution in [1.82, 2.24) is 9.97 Å². The maximum Gasteiger partial charge on any atom is 0.262 e. The zero-order valence-corrected chi connectivity index (χ0v) is 12.9. The van der Waals surface area contributed by atoms with Gasteiger partial charge in [-0.15, -0.1) is 11.3 Å². The molecule has 0 saturated carbocycles. The first-order valence-corrected chi connectivity index (χ1v) is 8.10. The predicted octanol–water partition coefficient (Wildman–Crippen LogP) is 2.85. The Morgan fingerprint density at radius 2 is 2.09 bits per heavy atom. The Kier molecular flexibility index (Phi) is 3.31. The zero-order valence-electron chi connectivity index (χ0n) is 12.1. The molecule has 0 unspecified atom stereocenters. The van der Waals surface area contributed by atoms with Crippen LogP contribution < -0.4 is 10.7 Å². The van der Waals surface area contributed by atoms with Gasteiger partial charge in [0.1, 0.15) is 5.56 Å². The molecule has 1 aliphatic carbocycles. The van der Waals surface area contributed by atoms with E-state index < -0.39 is 5.91 Å². The lowest BCUT2D eigenvalue weighted by Crippen LogP contribution is -2.20. The van der Waals surface area contributed by atoms with Crippen molar-refractivity contribution in [2.24, 2.45) is 0 Å². The fourth-order valence-electron chi connectivity index (χ4n) is 2.76. The van der Waals surface area contributed by atoms with Crippen LogP contribution in [0.15, 0.2) is 47.5 Å². The van der Waals surface area contributed by atoms with E-state index in [-0.39, 0.29) is 11.0 Å². The summed E-state index contributed by atoms with van der Waals surface area (Å²) in [7, 11) is 0. The molecule has 0 bridgehead atoms. The van der Waals surface area contributed by atoms with E-state index in [1.807, 2.05) is 12.1 Å². The van der Waals surface area contributed by atoms with Gasteiger partial charge in [-0.25, -0.2) is 4.98 Å². The fraction of sp³-hybridized carbons (Fsp3) is 0.118. The molecule has 0 spiro atoms. The van der Waals surface area contributed by atoms with Gasteiger partial charge in [-0.05, 0) is 18.4 Å². The Morgan fingerprint density at radius 3 is 2.96 bits per heavy atom. The van der Waals surface area contributed by atoms with Crippen LogP contribution in [0.25, 0.3) is 11.3 Å². The van der Waals surface area contributed by atoms with Gasteiger partial charge in [0.15, 0.2) is 10.6 Å². The molecule has 1 amide bonds. The molecule has 3 aromatic rings. The molecule has 2 N–H and O–H groups in total. The SMILES string of the molecule is O=C(Nc1nc2c(s1)CCc1ccccc1-2)c1c[nH]ccc1=O. The van der Waals surface area contributed by atoms with E-state index in [2.05, 4.69) is 27.4 Å². The maximum absolute atomic E-state index is 12.2. The average Bonchev–Trinajstić information content (AvgIpc) is 2.98. The van der Waals surface area contributed by atoms with Crippen molar-refractivity contribution < 1.29 is 4.79 Å². The number of nitrogens with one attached hydrogen (secondary N) is 2. The largest absolute Gasteiger partial charge is 0.367 e. The number of hydrogen-bond acceptors (Lipinski definition) is 4. The Bertz CT molecular complexity index is 958. The number of benzene rings is 1. The summed E-state index contributed by atoms with van der Waals surface area (Å²) in [6.45, 7) is 0. The van der Waals surface area contributed by atoms with Gasteiger partial charge in [-0.3, -0.25) is 14.9 Å². The highest BCUT2D eigenvalue weighted by Crippen LogP contribution is 2.37. The maximum atomic E-state index is 12.2. The first-order chi connectivity index (χ1) is 11.2. The van der Waals surface area contributed by atoms with Crippen LogP contribution in [0.4, 0.5) is 5.13 Å². The molecule has 0 fully saturated rings. The molecule has 6 heteroatoms. The molecule has 1 aliphatic rings. The number of carbonyl (C=O) groups is 1. The molecular formula is C17H13N3O2S. The third kappa shape index (κ3) is 2.47. The second-order valence-electron chi connectivity index (χ2n) is 5.32. The Labute approximate surface area is 136 Å². The highest BCUT2D eigenvalue weighted by atomic mass is 32.1. The molecular weight excluding hydrogens is 310 g/mol. The average molecular weight is 323 g/mol. The first-order valence-electron chi connectivity index (χ1n) is 7.29. The Morgan fingerprint density at radius 1 is 1.22 bits per heavy atom. The lowest BCUT2D eigenvalue weighted by atomic mass is 9.94. The van der Waals surface area contributed by atoms with Crippen molar-refractivity contribution in [3.63, 3.8) is 0 Å². The number of aromatic amines is 1. The summed E-state index contributed by atoms with van der Waals surface area (Å²) < 4.78 is 0. The second kappa shape index (κ2) is 5.48.